The third-order valence-electron chi connectivity index (χ3n) is 4.10. The van der Waals surface area contributed by atoms with Gasteiger partial charge >= 0.3 is 11.6 Å². The van der Waals surface area contributed by atoms with E-state index in [-0.39, 0.29) is 18.7 Å². The molecule has 6 nitrogen and oxygen atoms in total. The second-order valence-electron chi connectivity index (χ2n) is 5.80. The van der Waals surface area contributed by atoms with Gasteiger partial charge < -0.3 is 13.7 Å². The van der Waals surface area contributed by atoms with E-state index in [9.17, 15) is 14.4 Å². The summed E-state index contributed by atoms with van der Waals surface area (Å²) in [6, 6.07) is 9.71. The Balaban J connectivity index is 1.83. The molecule has 0 amide bonds. The molecule has 0 bridgehead atoms. The van der Waals surface area contributed by atoms with Crippen LogP contribution >= 0.6 is 0 Å². The number of hydrogen-bond acceptors (Lipinski definition) is 5. The molecule has 25 heavy (non-hydrogen) atoms. The molecule has 0 aliphatic rings. The van der Waals surface area contributed by atoms with E-state index in [0.29, 0.717) is 11.1 Å². The number of pyridine rings is 1. The van der Waals surface area contributed by atoms with Gasteiger partial charge in [0.25, 0.3) is 5.56 Å². The summed E-state index contributed by atoms with van der Waals surface area (Å²) in [5.74, 6) is -0.557. The second kappa shape index (κ2) is 6.76. The first-order valence-corrected chi connectivity index (χ1v) is 7.80. The fourth-order valence-electron chi connectivity index (χ4n) is 2.58. The summed E-state index contributed by atoms with van der Waals surface area (Å²) in [4.78, 5) is 35.4. The minimum atomic E-state index is -0.557. The molecule has 0 aliphatic carbocycles. The van der Waals surface area contributed by atoms with Gasteiger partial charge in [-0.25, -0.2) is 4.79 Å². The summed E-state index contributed by atoms with van der Waals surface area (Å²) in [7, 11) is 0. The molecule has 0 atom stereocenters. The van der Waals surface area contributed by atoms with Gasteiger partial charge in [-0.2, -0.15) is 0 Å². The third kappa shape index (κ3) is 3.52. The summed E-state index contributed by atoms with van der Waals surface area (Å²) >= 11 is 0. The number of hydrogen-bond donors (Lipinski definition) is 0. The maximum absolute atomic E-state index is 12.0. The molecule has 0 spiro atoms. The summed E-state index contributed by atoms with van der Waals surface area (Å²) in [5.41, 5.74) is 2.18. The number of carbonyl (C=O) groups excluding carboxylic acids is 1. The minimum absolute atomic E-state index is 0.0645. The Kier molecular flexibility index (Phi) is 4.52. The van der Waals surface area contributed by atoms with Gasteiger partial charge in [0.2, 0.25) is 0 Å². The normalized spacial score (nSPS) is 10.8. The monoisotopic (exact) mass is 339 g/mol. The van der Waals surface area contributed by atoms with E-state index < -0.39 is 11.6 Å². The van der Waals surface area contributed by atoms with Crippen LogP contribution in [0, 0.1) is 13.8 Å². The van der Waals surface area contributed by atoms with Crippen LogP contribution in [0.25, 0.3) is 11.0 Å². The van der Waals surface area contributed by atoms with Crippen molar-refractivity contribution in [3.05, 3.63) is 80.1 Å². The van der Waals surface area contributed by atoms with Crippen molar-refractivity contribution in [1.82, 2.24) is 4.57 Å². The number of aromatic nitrogens is 1. The van der Waals surface area contributed by atoms with Crippen LogP contribution in [0.3, 0.4) is 0 Å². The quantitative estimate of drug-likeness (QED) is 0.538. The number of carbonyl (C=O) groups is 1. The first-order chi connectivity index (χ1) is 12.0. The molecule has 2 heterocycles. The summed E-state index contributed by atoms with van der Waals surface area (Å²) in [6.45, 7) is 3.56. The zero-order valence-corrected chi connectivity index (χ0v) is 13.9. The fraction of sp³-hybridized carbons (Fsp3) is 0.211. The van der Waals surface area contributed by atoms with Gasteiger partial charge in [0.1, 0.15) is 18.7 Å². The summed E-state index contributed by atoms with van der Waals surface area (Å²) < 4.78 is 11.8. The van der Waals surface area contributed by atoms with Crippen LogP contribution in [-0.2, 0) is 22.7 Å². The molecule has 0 unspecified atom stereocenters. The molecule has 6 heteroatoms. The Bertz CT molecular complexity index is 1060. The van der Waals surface area contributed by atoms with Crippen molar-refractivity contribution in [3.8, 4) is 0 Å². The molecule has 3 rings (SSSR count). The smallest absolute Gasteiger partial charge is 0.336 e. The van der Waals surface area contributed by atoms with Crippen molar-refractivity contribution in [2.45, 2.75) is 27.0 Å². The van der Waals surface area contributed by atoms with Crippen LogP contribution in [-0.4, -0.2) is 10.5 Å². The molecule has 2 aromatic heterocycles. The zero-order valence-electron chi connectivity index (χ0n) is 13.9. The van der Waals surface area contributed by atoms with Gasteiger partial charge in [-0.15, -0.1) is 0 Å². The average molecular weight is 339 g/mol. The molecule has 128 valence electrons. The topological polar surface area (TPSA) is 78.5 Å². The number of rotatable bonds is 4. The molecule has 0 saturated heterocycles. The SMILES string of the molecule is Cc1ccc2c(COC(=O)Cn3ccccc3=O)cc(=O)oc2c1C. The van der Waals surface area contributed by atoms with E-state index in [1.807, 2.05) is 26.0 Å². The Morgan fingerprint density at radius 1 is 1.16 bits per heavy atom. The van der Waals surface area contributed by atoms with Crippen molar-refractivity contribution < 1.29 is 13.9 Å². The van der Waals surface area contributed by atoms with E-state index in [0.717, 1.165) is 16.5 Å². The summed E-state index contributed by atoms with van der Waals surface area (Å²) in [6.07, 6.45) is 1.52. The van der Waals surface area contributed by atoms with Crippen LogP contribution in [0.1, 0.15) is 16.7 Å². The van der Waals surface area contributed by atoms with Crippen molar-refractivity contribution in [2.24, 2.45) is 0 Å². The summed E-state index contributed by atoms with van der Waals surface area (Å²) in [5, 5.41) is 0.729. The van der Waals surface area contributed by atoms with Crippen LogP contribution in [0.15, 0.2) is 56.6 Å². The molecular formula is C19H17NO5. The van der Waals surface area contributed by atoms with Gasteiger partial charge in [0.05, 0.1) is 0 Å². The minimum Gasteiger partial charge on any atom is -0.459 e. The lowest BCUT2D eigenvalue weighted by Crippen LogP contribution is -2.23. The molecule has 0 saturated carbocycles. The van der Waals surface area contributed by atoms with Crippen molar-refractivity contribution >= 4 is 16.9 Å². The Labute approximate surface area is 143 Å². The molecule has 0 N–H and O–H groups in total. The van der Waals surface area contributed by atoms with E-state index in [1.165, 1.54) is 22.9 Å². The fourth-order valence-corrected chi connectivity index (χ4v) is 2.58. The largest absolute Gasteiger partial charge is 0.459 e. The Hall–Kier alpha value is -3.15. The predicted molar refractivity (Wildman–Crippen MR) is 92.5 cm³/mol. The maximum atomic E-state index is 12.0. The number of fused-ring (bicyclic) bond motifs is 1. The predicted octanol–water partition coefficient (Wildman–Crippen LogP) is 2.31. The standard InChI is InChI=1S/C19H17NO5/c1-12-6-7-15-14(9-17(22)25-19(15)13(12)2)11-24-18(23)10-20-8-4-3-5-16(20)21/h3-9H,10-11H2,1-2H3. The molecule has 3 aromatic rings. The maximum Gasteiger partial charge on any atom is 0.336 e. The number of nitrogens with zero attached hydrogens (tertiary/aromatic N) is 1. The first kappa shape index (κ1) is 16.7. The first-order valence-electron chi connectivity index (χ1n) is 7.80. The highest BCUT2D eigenvalue weighted by atomic mass is 16.5. The van der Waals surface area contributed by atoms with Crippen LogP contribution < -0.4 is 11.2 Å². The van der Waals surface area contributed by atoms with E-state index in [4.69, 9.17) is 9.15 Å². The lowest BCUT2D eigenvalue weighted by molar-refractivity contribution is -0.145. The highest BCUT2D eigenvalue weighted by Crippen LogP contribution is 2.23. The molecule has 1 aromatic carbocycles. The second-order valence-corrected chi connectivity index (χ2v) is 5.80. The van der Waals surface area contributed by atoms with Gasteiger partial charge in [-0.3, -0.25) is 9.59 Å². The number of esters is 1. The lowest BCUT2D eigenvalue weighted by atomic mass is 10.0. The van der Waals surface area contributed by atoms with Crippen molar-refractivity contribution in [1.29, 1.82) is 0 Å². The van der Waals surface area contributed by atoms with Crippen LogP contribution in [0.4, 0.5) is 0 Å². The third-order valence-corrected chi connectivity index (χ3v) is 4.10. The van der Waals surface area contributed by atoms with Gasteiger partial charge in [0, 0.05) is 29.3 Å². The van der Waals surface area contributed by atoms with E-state index in [2.05, 4.69) is 0 Å². The zero-order chi connectivity index (χ0) is 18.0. The van der Waals surface area contributed by atoms with Crippen LogP contribution in [0.5, 0.6) is 0 Å². The van der Waals surface area contributed by atoms with Gasteiger partial charge in [-0.1, -0.05) is 18.2 Å². The Morgan fingerprint density at radius 3 is 2.72 bits per heavy atom. The number of aryl methyl sites for hydroxylation is 2. The molecule has 0 aliphatic heterocycles. The average Bonchev–Trinajstić information content (AvgIpc) is 2.58. The molecule has 0 radical (unpaired) electrons. The van der Waals surface area contributed by atoms with E-state index >= 15 is 0 Å². The van der Waals surface area contributed by atoms with E-state index in [1.54, 1.807) is 12.1 Å². The number of benzene rings is 1. The number of ether oxygens (including phenoxy) is 1. The van der Waals surface area contributed by atoms with Crippen LogP contribution in [0.2, 0.25) is 0 Å². The lowest BCUT2D eigenvalue weighted by Gasteiger charge is -2.10. The Morgan fingerprint density at radius 2 is 1.96 bits per heavy atom. The highest BCUT2D eigenvalue weighted by Gasteiger charge is 2.12. The highest BCUT2D eigenvalue weighted by molar-refractivity contribution is 5.84. The van der Waals surface area contributed by atoms with Crippen molar-refractivity contribution in [2.75, 3.05) is 0 Å². The van der Waals surface area contributed by atoms with Gasteiger partial charge in [-0.05, 0) is 31.0 Å². The molecular weight excluding hydrogens is 322 g/mol. The molecule has 0 fully saturated rings. The van der Waals surface area contributed by atoms with Crippen molar-refractivity contribution in [3.63, 3.8) is 0 Å². The van der Waals surface area contributed by atoms with Gasteiger partial charge in [0.15, 0.2) is 0 Å².